The van der Waals surface area contributed by atoms with Gasteiger partial charge in [0.1, 0.15) is 0 Å². The molecule has 0 amide bonds. The van der Waals surface area contributed by atoms with Gasteiger partial charge in [-0.25, -0.2) is 8.42 Å². The number of hydrogen-bond acceptors (Lipinski definition) is 5. The molecule has 2 atom stereocenters. The minimum Gasteiger partial charge on any atom is -0.395 e. The van der Waals surface area contributed by atoms with Gasteiger partial charge in [-0.1, -0.05) is 23.3 Å². The minimum atomic E-state index is -2.97. The van der Waals surface area contributed by atoms with E-state index in [9.17, 15) is 13.5 Å². The summed E-state index contributed by atoms with van der Waals surface area (Å²) in [4.78, 5) is 4.46. The lowest BCUT2D eigenvalue weighted by Crippen LogP contribution is -2.59. The maximum atomic E-state index is 12.1. The van der Waals surface area contributed by atoms with Crippen molar-refractivity contribution < 1.29 is 13.5 Å². The van der Waals surface area contributed by atoms with Crippen molar-refractivity contribution in [1.82, 2.24) is 9.80 Å². The van der Waals surface area contributed by atoms with E-state index in [1.807, 2.05) is 0 Å². The van der Waals surface area contributed by atoms with Gasteiger partial charge < -0.3 is 5.11 Å². The summed E-state index contributed by atoms with van der Waals surface area (Å²) in [6.07, 6.45) is 6.63. The van der Waals surface area contributed by atoms with Crippen LogP contribution in [0.2, 0.25) is 0 Å². The van der Waals surface area contributed by atoms with E-state index in [1.54, 1.807) is 0 Å². The molecule has 0 bridgehead atoms. The first kappa shape index (κ1) is 19.6. The van der Waals surface area contributed by atoms with Crippen LogP contribution in [0.4, 0.5) is 0 Å². The van der Waals surface area contributed by atoms with Gasteiger partial charge in [0, 0.05) is 38.3 Å². The zero-order valence-corrected chi connectivity index (χ0v) is 16.1. The van der Waals surface area contributed by atoms with E-state index in [1.165, 1.54) is 11.1 Å². The van der Waals surface area contributed by atoms with Crippen LogP contribution in [0.3, 0.4) is 0 Å². The summed E-state index contributed by atoms with van der Waals surface area (Å²) in [5.74, 6) is 0.488. The molecule has 138 valence electrons. The SMILES string of the molecule is CC(C)=CCC/C(C)=C/CN1CCN(CCO)[C@@H]2CS(=O)(=O)C[C@@H]21. The van der Waals surface area contributed by atoms with Crippen molar-refractivity contribution in [1.29, 1.82) is 0 Å². The second-order valence-corrected chi connectivity index (χ2v) is 9.49. The van der Waals surface area contributed by atoms with Gasteiger partial charge in [-0.05, 0) is 33.6 Å². The number of rotatable bonds is 7. The van der Waals surface area contributed by atoms with E-state index in [2.05, 4.69) is 42.7 Å². The van der Waals surface area contributed by atoms with Gasteiger partial charge in [0.2, 0.25) is 0 Å². The number of nitrogens with zero attached hydrogens (tertiary/aromatic N) is 2. The van der Waals surface area contributed by atoms with Crippen molar-refractivity contribution >= 4 is 9.84 Å². The number of piperazine rings is 1. The van der Waals surface area contributed by atoms with E-state index >= 15 is 0 Å². The largest absolute Gasteiger partial charge is 0.395 e. The molecule has 0 saturated carbocycles. The maximum Gasteiger partial charge on any atom is 0.153 e. The van der Waals surface area contributed by atoms with Gasteiger partial charge in [0.05, 0.1) is 18.1 Å². The van der Waals surface area contributed by atoms with Gasteiger partial charge in [0.15, 0.2) is 9.84 Å². The molecule has 2 fully saturated rings. The highest BCUT2D eigenvalue weighted by atomic mass is 32.2. The summed E-state index contributed by atoms with van der Waals surface area (Å²) in [6, 6.07) is 0.104. The van der Waals surface area contributed by atoms with Crippen molar-refractivity contribution in [3.8, 4) is 0 Å². The Morgan fingerprint density at radius 3 is 2.33 bits per heavy atom. The van der Waals surface area contributed by atoms with Crippen LogP contribution < -0.4 is 0 Å². The highest BCUT2D eigenvalue weighted by Gasteiger charge is 2.45. The third kappa shape index (κ3) is 5.41. The molecule has 5 nitrogen and oxygen atoms in total. The van der Waals surface area contributed by atoms with Gasteiger partial charge in [-0.2, -0.15) is 0 Å². The second-order valence-electron chi connectivity index (χ2n) is 7.34. The van der Waals surface area contributed by atoms with E-state index < -0.39 is 9.84 Å². The molecule has 2 heterocycles. The van der Waals surface area contributed by atoms with Crippen LogP contribution >= 0.6 is 0 Å². The number of aliphatic hydroxyl groups excluding tert-OH is 1. The number of sulfone groups is 1. The average Bonchev–Trinajstić information content (AvgIpc) is 2.82. The number of fused-ring (bicyclic) bond motifs is 1. The fourth-order valence-corrected chi connectivity index (χ4v) is 5.74. The first-order chi connectivity index (χ1) is 11.3. The number of allylic oxidation sites excluding steroid dienone is 3. The van der Waals surface area contributed by atoms with Crippen LogP contribution in [0, 0.1) is 0 Å². The molecule has 1 N–H and O–H groups in total. The van der Waals surface area contributed by atoms with E-state index in [0.29, 0.717) is 6.54 Å². The second kappa shape index (κ2) is 8.61. The zero-order chi connectivity index (χ0) is 17.7. The molecule has 0 radical (unpaired) electrons. The summed E-state index contributed by atoms with van der Waals surface area (Å²) >= 11 is 0. The highest BCUT2D eigenvalue weighted by Crippen LogP contribution is 2.26. The van der Waals surface area contributed by atoms with Gasteiger partial charge in [-0.15, -0.1) is 0 Å². The highest BCUT2D eigenvalue weighted by molar-refractivity contribution is 7.91. The molecule has 0 spiro atoms. The summed E-state index contributed by atoms with van der Waals surface area (Å²) in [6.45, 7) is 9.58. The Morgan fingerprint density at radius 1 is 1.08 bits per heavy atom. The predicted octanol–water partition coefficient (Wildman–Crippen LogP) is 1.45. The first-order valence-electron chi connectivity index (χ1n) is 8.91. The molecule has 0 unspecified atom stereocenters. The number of β-amino-alcohol motifs (C(OH)–C–C–N with tert-alkyl or cyclic N) is 1. The van der Waals surface area contributed by atoms with Crippen LogP contribution in [0.1, 0.15) is 33.6 Å². The molecule has 2 aliphatic heterocycles. The molecule has 2 saturated heterocycles. The van der Waals surface area contributed by atoms with Crippen molar-refractivity contribution in [2.45, 2.75) is 45.7 Å². The monoisotopic (exact) mass is 356 g/mol. The normalized spacial score (nSPS) is 27.9. The van der Waals surface area contributed by atoms with E-state index in [0.717, 1.165) is 32.5 Å². The fourth-order valence-electron chi connectivity index (χ4n) is 3.69. The van der Waals surface area contributed by atoms with Crippen LogP contribution in [-0.4, -0.2) is 79.7 Å². The van der Waals surface area contributed by atoms with Gasteiger partial charge in [-0.3, -0.25) is 9.80 Å². The molecule has 0 aromatic carbocycles. The molecule has 0 aromatic heterocycles. The molecule has 24 heavy (non-hydrogen) atoms. The van der Waals surface area contributed by atoms with Gasteiger partial charge in [0.25, 0.3) is 0 Å². The summed E-state index contributed by atoms with van der Waals surface area (Å²) < 4.78 is 24.2. The Morgan fingerprint density at radius 2 is 1.71 bits per heavy atom. The van der Waals surface area contributed by atoms with Gasteiger partial charge >= 0.3 is 0 Å². The predicted molar refractivity (Wildman–Crippen MR) is 98.9 cm³/mol. The Balaban J connectivity index is 1.97. The number of aliphatic hydroxyl groups is 1. The lowest BCUT2D eigenvalue weighted by Gasteiger charge is -2.43. The maximum absolute atomic E-state index is 12.1. The topological polar surface area (TPSA) is 60.9 Å². The molecular weight excluding hydrogens is 324 g/mol. The van der Waals surface area contributed by atoms with E-state index in [-0.39, 0.29) is 30.2 Å². The third-order valence-electron chi connectivity index (χ3n) is 5.06. The van der Waals surface area contributed by atoms with Crippen molar-refractivity contribution in [2.24, 2.45) is 0 Å². The lowest BCUT2D eigenvalue weighted by atomic mass is 10.0. The molecular formula is C18H32N2O3S. The van der Waals surface area contributed by atoms with Crippen LogP contribution in [-0.2, 0) is 9.84 Å². The molecule has 2 aliphatic rings. The summed E-state index contributed by atoms with van der Waals surface area (Å²) in [7, 11) is -2.97. The Hall–Kier alpha value is -0.690. The Bertz CT molecular complexity index is 579. The van der Waals surface area contributed by atoms with Crippen molar-refractivity contribution in [2.75, 3.05) is 44.3 Å². The Kier molecular flexibility index (Phi) is 7.04. The van der Waals surface area contributed by atoms with Crippen LogP contribution in [0.5, 0.6) is 0 Å². The lowest BCUT2D eigenvalue weighted by molar-refractivity contribution is 0.0418. The summed E-state index contributed by atoms with van der Waals surface area (Å²) in [5, 5.41) is 9.21. The summed E-state index contributed by atoms with van der Waals surface area (Å²) in [5.41, 5.74) is 2.71. The smallest absolute Gasteiger partial charge is 0.153 e. The quantitative estimate of drug-likeness (QED) is 0.700. The molecule has 6 heteroatoms. The van der Waals surface area contributed by atoms with Crippen molar-refractivity contribution in [3.63, 3.8) is 0 Å². The third-order valence-corrected chi connectivity index (χ3v) is 6.76. The Labute approximate surface area is 146 Å². The van der Waals surface area contributed by atoms with Crippen LogP contribution in [0.25, 0.3) is 0 Å². The minimum absolute atomic E-state index is 0.0373. The average molecular weight is 357 g/mol. The van der Waals surface area contributed by atoms with Crippen molar-refractivity contribution in [3.05, 3.63) is 23.3 Å². The molecule has 0 aromatic rings. The van der Waals surface area contributed by atoms with Crippen LogP contribution in [0.15, 0.2) is 23.3 Å². The molecule has 0 aliphatic carbocycles. The molecule has 2 rings (SSSR count). The standard InChI is InChI=1S/C18H32N2O3S/c1-15(2)5-4-6-16(3)7-8-19-9-10-20(11-12-21)18-14-24(22,23)13-17(18)19/h5,7,17-18,21H,4,6,8-14H2,1-3H3/b16-7+/t17-,18+/m0/s1. The number of hydrogen-bond donors (Lipinski definition) is 1. The van der Waals surface area contributed by atoms with E-state index in [4.69, 9.17) is 0 Å². The first-order valence-corrected chi connectivity index (χ1v) is 10.7. The zero-order valence-electron chi connectivity index (χ0n) is 15.2. The fraction of sp³-hybridized carbons (Fsp3) is 0.778.